The number of allylic oxidation sites excluding steroid dienone is 4. The van der Waals surface area contributed by atoms with E-state index >= 15 is 0 Å². The van der Waals surface area contributed by atoms with Crippen LogP contribution >= 0.6 is 11.6 Å². The summed E-state index contributed by atoms with van der Waals surface area (Å²) in [4.78, 5) is 15.0. The largest absolute Gasteiger partial charge is 0.417 e. The number of halogens is 4. The van der Waals surface area contributed by atoms with Crippen LogP contribution in [-0.2, 0) is 12.6 Å². The number of alkyl halides is 3. The quantitative estimate of drug-likeness (QED) is 0.115. The highest BCUT2D eigenvalue weighted by Crippen LogP contribution is 2.39. The van der Waals surface area contributed by atoms with Crippen molar-refractivity contribution in [1.29, 1.82) is 0 Å². The van der Waals surface area contributed by atoms with E-state index in [1.807, 2.05) is 18.5 Å². The summed E-state index contributed by atoms with van der Waals surface area (Å²) >= 11 is 6.20. The van der Waals surface area contributed by atoms with E-state index < -0.39 is 11.7 Å². The van der Waals surface area contributed by atoms with Crippen molar-refractivity contribution >= 4 is 17.8 Å². The van der Waals surface area contributed by atoms with Crippen LogP contribution in [-0.4, -0.2) is 140 Å². The van der Waals surface area contributed by atoms with Crippen molar-refractivity contribution in [3.05, 3.63) is 82.3 Å². The van der Waals surface area contributed by atoms with Gasteiger partial charge in [0.25, 0.3) is 0 Å². The molecule has 1 aromatic carbocycles. The van der Waals surface area contributed by atoms with Crippen LogP contribution in [0.4, 0.5) is 13.2 Å². The first-order valence-electron chi connectivity index (χ1n) is 34.1. The van der Waals surface area contributed by atoms with Gasteiger partial charge in [0.05, 0.1) is 17.1 Å². The van der Waals surface area contributed by atoms with Crippen molar-refractivity contribution in [2.75, 3.05) is 59.9 Å². The molecule has 0 amide bonds. The molecule has 1 aromatic rings. The van der Waals surface area contributed by atoms with Crippen LogP contribution < -0.4 is 31.9 Å². The van der Waals surface area contributed by atoms with Crippen LogP contribution in [0, 0.1) is 35.5 Å². The first-order chi connectivity index (χ1) is 40.5. The molecule has 85 heavy (non-hydrogen) atoms. The predicted molar refractivity (Wildman–Crippen MR) is 355 cm³/mol. The summed E-state index contributed by atoms with van der Waals surface area (Å²) in [5.41, 5.74) is 3.59. The first-order valence-corrected chi connectivity index (χ1v) is 34.5. The summed E-state index contributed by atoms with van der Waals surface area (Å²) in [5, 5.41) is 24.2. The van der Waals surface area contributed by atoms with Gasteiger partial charge in [-0.3, -0.25) is 9.89 Å². The number of hydrogen-bond donors (Lipinski definition) is 6. The van der Waals surface area contributed by atoms with Gasteiger partial charge in [0.2, 0.25) is 0 Å². The first kappa shape index (κ1) is 71.0. The third kappa shape index (κ3) is 21.8. The van der Waals surface area contributed by atoms with E-state index in [0.29, 0.717) is 97.2 Å². The monoisotopic (exact) mass is 1210 g/mol. The fourth-order valence-electron chi connectivity index (χ4n) is 14.9. The van der Waals surface area contributed by atoms with Crippen LogP contribution in [0.25, 0.3) is 0 Å². The van der Waals surface area contributed by atoms with Crippen molar-refractivity contribution in [2.24, 2.45) is 40.5 Å². The Hall–Kier alpha value is -3.11. The molecule has 2 saturated carbocycles. The van der Waals surface area contributed by atoms with E-state index in [2.05, 4.69) is 167 Å². The van der Waals surface area contributed by atoms with E-state index in [9.17, 15) is 13.2 Å². The molecule has 2 aliphatic carbocycles. The third-order valence-corrected chi connectivity index (χ3v) is 20.8. The van der Waals surface area contributed by atoms with Gasteiger partial charge in [0.1, 0.15) is 0 Å². The van der Waals surface area contributed by atoms with E-state index in [0.717, 1.165) is 88.6 Å². The maximum absolute atomic E-state index is 13.7. The Kier molecular flexibility index (Phi) is 29.0. The highest BCUT2D eigenvalue weighted by atomic mass is 35.5. The molecule has 0 aromatic heterocycles. The molecule has 4 unspecified atom stereocenters. The lowest BCUT2D eigenvalue weighted by Gasteiger charge is -2.56. The number of aliphatic imine (C=N–C) groups is 1. The van der Waals surface area contributed by atoms with Gasteiger partial charge in [0.15, 0.2) is 0 Å². The van der Waals surface area contributed by atoms with Crippen LogP contribution in [0.3, 0.4) is 0 Å². The fourth-order valence-corrected chi connectivity index (χ4v) is 15.2. The Bertz CT molecular complexity index is 2270. The Balaban J connectivity index is 1.31. The molecule has 6 N–H and O–H groups in total. The topological polar surface area (TPSA) is 97.5 Å². The van der Waals surface area contributed by atoms with E-state index in [1.54, 1.807) is 0 Å². The van der Waals surface area contributed by atoms with Crippen LogP contribution in [0.1, 0.15) is 203 Å². The number of nitrogens with zero attached hydrogens (tertiary/aromatic N) is 5. The Morgan fingerprint density at radius 1 is 0.812 bits per heavy atom. The summed E-state index contributed by atoms with van der Waals surface area (Å²) in [6.45, 7) is 35.5. The second-order valence-electron chi connectivity index (χ2n) is 28.2. The van der Waals surface area contributed by atoms with E-state index in [4.69, 9.17) is 16.6 Å². The van der Waals surface area contributed by atoms with Crippen molar-refractivity contribution in [2.45, 2.75) is 259 Å². The highest BCUT2D eigenvalue weighted by molar-refractivity contribution is 6.31. The van der Waals surface area contributed by atoms with E-state index in [-0.39, 0.29) is 16.6 Å². The van der Waals surface area contributed by atoms with Crippen molar-refractivity contribution < 1.29 is 13.2 Å². The summed E-state index contributed by atoms with van der Waals surface area (Å²) < 4.78 is 41.0. The summed E-state index contributed by atoms with van der Waals surface area (Å²) in [6, 6.07) is 6.97. The number of aryl methyl sites for hydroxylation is 1. The zero-order chi connectivity index (χ0) is 61.8. The van der Waals surface area contributed by atoms with Crippen molar-refractivity contribution in [1.82, 2.24) is 51.5 Å². The average Bonchev–Trinajstić information content (AvgIpc) is 1.81. The second-order valence-corrected chi connectivity index (χ2v) is 28.6. The minimum Gasteiger partial charge on any atom is -0.369 e. The normalized spacial score (nSPS) is 29.4. The van der Waals surface area contributed by atoms with Gasteiger partial charge in [-0.15, -0.1) is 0 Å². The zero-order valence-corrected chi connectivity index (χ0v) is 56.5. The minimum atomic E-state index is -4.50. The maximum atomic E-state index is 13.7. The average molecular weight is 1210 g/mol. The Morgan fingerprint density at radius 2 is 1.53 bits per heavy atom. The number of hydrogen-bond acceptors (Lipinski definition) is 11. The number of nitrogens with one attached hydrogen (secondary N) is 6. The molecule has 5 aliphatic rings. The lowest BCUT2D eigenvalue weighted by atomic mass is 9.77. The molecular formula is C70H121ClF3N11. The number of benzene rings is 1. The van der Waals surface area contributed by atoms with Crippen LogP contribution in [0.2, 0.25) is 5.02 Å². The molecule has 3 heterocycles. The molecule has 0 bridgehead atoms. The second kappa shape index (κ2) is 34.7. The summed E-state index contributed by atoms with van der Waals surface area (Å²) in [5.74, 6) is 3.66. The predicted octanol–water partition coefficient (Wildman–Crippen LogP) is 14.3. The zero-order valence-electron chi connectivity index (χ0n) is 55.7. The molecule has 0 radical (unpaired) electrons. The van der Waals surface area contributed by atoms with Gasteiger partial charge in [-0.25, -0.2) is 0 Å². The molecule has 11 nitrogen and oxygen atoms in total. The standard InChI is InChI=1S/C70H121ClF3N11/c1-15-51(7)66-43-79-65(40-50(5)6)54(10)78-44-67-59(39-49(3)4)45-85(67)68(52(8)16-2)55(11)81-69(31-20-21-32-69)48-76-35-34-75-33-30-60(28-26-58-27-29-63(64(71)42-58)70(72,73)74)77-36-38-82(13)46-62(41-57-23-18-17-19-24-57)83(14)47-61-25-22-37-84(61)56(12)53(9)80-66/h27,29-30,33,36,38,42,46-47,49-57,59,65-68,76-81H,15-26,28,31-32,34-35,37,39-41,43-45,48H2,1-14H3/t51-,52-,53?,54?,55?,56-,59+,65-,66+,67?,68-/m0/s1. The summed E-state index contributed by atoms with van der Waals surface area (Å²) in [7, 11) is 4.34. The van der Waals surface area contributed by atoms with Gasteiger partial charge < -0.3 is 46.6 Å². The SMILES string of the molecule is CC[C@H](C)[C@H]1C(C)NC2(CCCC2)CNCCN=CC=C(CCc2ccc(C(F)(F)F)c(Cl)c2)NC=CN(C)C=C(CC2CCCCC2)N(C)C=C2CCCN2[C@@H](C)C(C)N[C@@H]([C@@H](C)CC)CN[C@@H](CC(C)C)C(C)NCC2[C@H](CC(C)C)CN21. The Morgan fingerprint density at radius 3 is 2.20 bits per heavy atom. The smallest absolute Gasteiger partial charge is 0.369 e. The van der Waals surface area contributed by atoms with Crippen LogP contribution in [0.15, 0.2) is 71.2 Å². The van der Waals surface area contributed by atoms with Crippen molar-refractivity contribution in [3.63, 3.8) is 0 Å². The van der Waals surface area contributed by atoms with Gasteiger partial charge in [-0.05, 0) is 145 Å². The molecule has 15 heteroatoms. The number of rotatable bonds is 13. The third-order valence-electron chi connectivity index (χ3n) is 20.4. The van der Waals surface area contributed by atoms with Crippen molar-refractivity contribution in [3.8, 4) is 0 Å². The maximum Gasteiger partial charge on any atom is 0.417 e. The molecule has 6 rings (SSSR count). The van der Waals surface area contributed by atoms with Gasteiger partial charge >= 0.3 is 6.18 Å². The number of fused-ring (bicyclic) bond motifs is 2. The molecule has 4 fully saturated rings. The van der Waals surface area contributed by atoms with Gasteiger partial charge in [-0.2, -0.15) is 13.2 Å². The molecule has 484 valence electrons. The van der Waals surface area contributed by atoms with Crippen LogP contribution in [0.5, 0.6) is 0 Å². The van der Waals surface area contributed by atoms with Gasteiger partial charge in [0, 0.05) is 155 Å². The Labute approximate surface area is 521 Å². The fraction of sp³-hybridized carbons (Fsp3) is 0.786. The van der Waals surface area contributed by atoms with E-state index in [1.165, 1.54) is 94.3 Å². The molecule has 1 spiro atoms. The van der Waals surface area contributed by atoms with Gasteiger partial charge in [-0.1, -0.05) is 131 Å². The molecule has 3 aliphatic heterocycles. The molecule has 2 saturated heterocycles. The molecule has 11 atom stereocenters. The highest BCUT2D eigenvalue weighted by Gasteiger charge is 2.47. The molecular weight excluding hydrogens is 1090 g/mol. The lowest BCUT2D eigenvalue weighted by molar-refractivity contribution is -0.137. The summed E-state index contributed by atoms with van der Waals surface area (Å²) in [6.07, 6.45) is 28.4. The lowest BCUT2D eigenvalue weighted by Crippen LogP contribution is -2.70. The minimum absolute atomic E-state index is 0.0383.